The van der Waals surface area contributed by atoms with E-state index in [2.05, 4.69) is 0 Å². The quantitative estimate of drug-likeness (QED) is 0.511. The summed E-state index contributed by atoms with van der Waals surface area (Å²) in [6, 6.07) is -0.794. The molecule has 92 valence electrons. The van der Waals surface area contributed by atoms with Crippen LogP contribution in [0.3, 0.4) is 0 Å². The Morgan fingerprint density at radius 3 is 2.38 bits per heavy atom. The second-order valence-corrected chi connectivity index (χ2v) is 5.02. The summed E-state index contributed by atoms with van der Waals surface area (Å²) in [6.07, 6.45) is 0.209. The summed E-state index contributed by atoms with van der Waals surface area (Å²) in [5.74, 6) is 3.67. The maximum Gasteiger partial charge on any atom is 0.322 e. The van der Waals surface area contributed by atoms with Crippen molar-refractivity contribution in [1.82, 2.24) is 5.01 Å². The third kappa shape index (κ3) is 3.18. The van der Waals surface area contributed by atoms with Crippen LogP contribution in [0.15, 0.2) is 0 Å². The first kappa shape index (κ1) is 12.9. The molecule has 6 nitrogen and oxygen atoms in total. The Kier molecular flexibility index (Phi) is 3.54. The van der Waals surface area contributed by atoms with Crippen molar-refractivity contribution >= 4 is 11.9 Å². The fourth-order valence-corrected chi connectivity index (χ4v) is 1.66. The summed E-state index contributed by atoms with van der Waals surface area (Å²) < 4.78 is 5.18. The van der Waals surface area contributed by atoms with Crippen LogP contribution in [0.4, 0.5) is 0 Å². The van der Waals surface area contributed by atoms with Crippen LogP contribution < -0.4 is 5.84 Å². The molecule has 0 aromatic rings. The second kappa shape index (κ2) is 4.39. The lowest BCUT2D eigenvalue weighted by molar-refractivity contribution is -0.159. The van der Waals surface area contributed by atoms with Crippen molar-refractivity contribution in [1.29, 1.82) is 0 Å². The van der Waals surface area contributed by atoms with Gasteiger partial charge >= 0.3 is 11.9 Å². The molecule has 1 fully saturated rings. The molecule has 0 aliphatic carbocycles. The third-order valence-electron chi connectivity index (χ3n) is 2.36. The van der Waals surface area contributed by atoms with E-state index in [9.17, 15) is 9.59 Å². The lowest BCUT2D eigenvalue weighted by atomic mass is 10.1. The average Bonchev–Trinajstić information content (AvgIpc) is 2.44. The Balaban J connectivity index is 2.58. The SMILES string of the molecule is CC(C)(C)OC(=O)[C@@H]1C[C@H](C(=O)O)N(N)C1. The van der Waals surface area contributed by atoms with Gasteiger partial charge in [-0.1, -0.05) is 0 Å². The van der Waals surface area contributed by atoms with Gasteiger partial charge in [0.2, 0.25) is 0 Å². The van der Waals surface area contributed by atoms with Crippen LogP contribution in [0.2, 0.25) is 0 Å². The minimum absolute atomic E-state index is 0.209. The minimum atomic E-state index is -1.01. The lowest BCUT2D eigenvalue weighted by Gasteiger charge is -2.21. The highest BCUT2D eigenvalue weighted by Crippen LogP contribution is 2.23. The first-order valence-electron chi connectivity index (χ1n) is 5.17. The molecule has 0 aromatic heterocycles. The van der Waals surface area contributed by atoms with Gasteiger partial charge in [-0.05, 0) is 27.2 Å². The Hall–Kier alpha value is -1.14. The number of carboxylic acids is 1. The van der Waals surface area contributed by atoms with Crippen LogP contribution >= 0.6 is 0 Å². The van der Waals surface area contributed by atoms with Gasteiger partial charge in [0.05, 0.1) is 5.92 Å². The number of nitrogens with two attached hydrogens (primary N) is 1. The molecule has 0 spiro atoms. The van der Waals surface area contributed by atoms with E-state index in [-0.39, 0.29) is 18.9 Å². The molecular weight excluding hydrogens is 212 g/mol. The predicted octanol–water partition coefficient (Wildman–Crippen LogP) is -0.0231. The van der Waals surface area contributed by atoms with Gasteiger partial charge in [-0.2, -0.15) is 0 Å². The molecule has 1 heterocycles. The molecule has 3 N–H and O–H groups in total. The molecule has 0 saturated carbocycles. The number of rotatable bonds is 2. The third-order valence-corrected chi connectivity index (χ3v) is 2.36. The van der Waals surface area contributed by atoms with Crippen molar-refractivity contribution in [2.75, 3.05) is 6.54 Å². The number of carboxylic acid groups (broad SMARTS) is 1. The molecule has 1 aliphatic heterocycles. The zero-order chi connectivity index (χ0) is 12.5. The number of hydrogen-bond acceptors (Lipinski definition) is 5. The van der Waals surface area contributed by atoms with Crippen LogP contribution in [-0.2, 0) is 14.3 Å². The number of nitrogens with zero attached hydrogens (tertiary/aromatic N) is 1. The van der Waals surface area contributed by atoms with Crippen molar-refractivity contribution in [2.24, 2.45) is 11.8 Å². The molecule has 16 heavy (non-hydrogen) atoms. The van der Waals surface area contributed by atoms with E-state index in [1.807, 2.05) is 0 Å². The summed E-state index contributed by atoms with van der Waals surface area (Å²) in [5.41, 5.74) is -0.558. The zero-order valence-electron chi connectivity index (χ0n) is 9.77. The van der Waals surface area contributed by atoms with E-state index < -0.39 is 23.5 Å². The van der Waals surface area contributed by atoms with Crippen LogP contribution in [0.1, 0.15) is 27.2 Å². The van der Waals surface area contributed by atoms with Crippen LogP contribution in [0.25, 0.3) is 0 Å². The molecule has 0 radical (unpaired) electrons. The molecule has 2 atom stereocenters. The largest absolute Gasteiger partial charge is 0.480 e. The fraction of sp³-hybridized carbons (Fsp3) is 0.800. The Morgan fingerprint density at radius 2 is 2.00 bits per heavy atom. The molecule has 0 amide bonds. The minimum Gasteiger partial charge on any atom is -0.480 e. The highest BCUT2D eigenvalue weighted by atomic mass is 16.6. The van der Waals surface area contributed by atoms with Gasteiger partial charge < -0.3 is 9.84 Å². The van der Waals surface area contributed by atoms with Gasteiger partial charge in [-0.3, -0.25) is 15.4 Å². The van der Waals surface area contributed by atoms with E-state index in [0.29, 0.717) is 0 Å². The Bertz CT molecular complexity index is 298. The highest BCUT2D eigenvalue weighted by molar-refractivity contribution is 5.78. The fourth-order valence-electron chi connectivity index (χ4n) is 1.66. The van der Waals surface area contributed by atoms with Gasteiger partial charge in [0.15, 0.2) is 0 Å². The molecule has 0 unspecified atom stereocenters. The van der Waals surface area contributed by atoms with Crippen molar-refractivity contribution in [2.45, 2.75) is 38.8 Å². The maximum absolute atomic E-state index is 11.7. The summed E-state index contributed by atoms with van der Waals surface area (Å²) in [7, 11) is 0. The number of hydrogen-bond donors (Lipinski definition) is 2. The van der Waals surface area contributed by atoms with Crippen molar-refractivity contribution in [3.63, 3.8) is 0 Å². The number of carbonyl (C=O) groups excluding carboxylic acids is 1. The summed E-state index contributed by atoms with van der Waals surface area (Å²) in [6.45, 7) is 5.55. The number of carbonyl (C=O) groups is 2. The van der Waals surface area contributed by atoms with E-state index in [1.165, 1.54) is 5.01 Å². The first-order valence-corrected chi connectivity index (χ1v) is 5.17. The smallest absolute Gasteiger partial charge is 0.322 e. The molecule has 1 rings (SSSR count). The zero-order valence-corrected chi connectivity index (χ0v) is 9.77. The number of esters is 1. The van der Waals surface area contributed by atoms with Gasteiger partial charge in [-0.25, -0.2) is 5.01 Å². The standard InChI is InChI=1S/C10H18N2O4/c1-10(2,3)16-9(15)6-4-7(8(13)14)12(11)5-6/h6-7H,4-5,11H2,1-3H3,(H,13,14)/t6-,7-/m1/s1. The number of hydrazine groups is 1. The van der Waals surface area contributed by atoms with Crippen LogP contribution in [0, 0.1) is 5.92 Å². The average molecular weight is 230 g/mol. The van der Waals surface area contributed by atoms with Crippen molar-refractivity contribution in [3.8, 4) is 0 Å². The lowest BCUT2D eigenvalue weighted by Crippen LogP contribution is -2.41. The van der Waals surface area contributed by atoms with Crippen LogP contribution in [0.5, 0.6) is 0 Å². The van der Waals surface area contributed by atoms with Crippen molar-refractivity contribution in [3.05, 3.63) is 0 Å². The van der Waals surface area contributed by atoms with Crippen LogP contribution in [-0.4, -0.2) is 40.2 Å². The number of aliphatic carboxylic acids is 1. The molecule has 1 aliphatic rings. The summed E-state index contributed by atoms with van der Waals surface area (Å²) in [5, 5.41) is 10.0. The molecule has 1 saturated heterocycles. The second-order valence-electron chi connectivity index (χ2n) is 5.02. The molecule has 6 heteroatoms. The molecule has 0 bridgehead atoms. The van der Waals surface area contributed by atoms with Gasteiger partial charge in [0, 0.05) is 6.54 Å². The highest BCUT2D eigenvalue weighted by Gasteiger charge is 2.40. The molecule has 0 aromatic carbocycles. The normalized spacial score (nSPS) is 26.8. The Labute approximate surface area is 94.3 Å². The van der Waals surface area contributed by atoms with Gasteiger partial charge in [0.1, 0.15) is 11.6 Å². The summed E-state index contributed by atoms with van der Waals surface area (Å²) in [4.78, 5) is 22.5. The number of ether oxygens (including phenoxy) is 1. The van der Waals surface area contributed by atoms with Gasteiger partial charge in [-0.15, -0.1) is 0 Å². The maximum atomic E-state index is 11.7. The monoisotopic (exact) mass is 230 g/mol. The van der Waals surface area contributed by atoms with Gasteiger partial charge in [0.25, 0.3) is 0 Å². The summed E-state index contributed by atoms with van der Waals surface area (Å²) >= 11 is 0. The first-order chi connectivity index (χ1) is 7.20. The van der Waals surface area contributed by atoms with E-state index >= 15 is 0 Å². The topological polar surface area (TPSA) is 92.9 Å². The van der Waals surface area contributed by atoms with E-state index in [4.69, 9.17) is 15.7 Å². The van der Waals surface area contributed by atoms with Crippen molar-refractivity contribution < 1.29 is 19.4 Å². The predicted molar refractivity (Wildman–Crippen MR) is 56.3 cm³/mol. The Morgan fingerprint density at radius 1 is 1.44 bits per heavy atom. The molecular formula is C10H18N2O4. The van der Waals surface area contributed by atoms with E-state index in [1.54, 1.807) is 20.8 Å². The van der Waals surface area contributed by atoms with E-state index in [0.717, 1.165) is 0 Å².